The topological polar surface area (TPSA) is 6.48 Å². The number of hydrogen-bond acceptors (Lipinski definition) is 3. The number of nitrogens with zero attached hydrogens (tertiary/aromatic N) is 2. The smallest absolute Gasteiger partial charge is 0.0861 e. The van der Waals surface area contributed by atoms with Crippen LogP contribution in [0.25, 0.3) is 0 Å². The lowest BCUT2D eigenvalue weighted by Crippen LogP contribution is -2.21. The summed E-state index contributed by atoms with van der Waals surface area (Å²) in [5, 5.41) is 0.857. The fraction of sp³-hybridized carbons (Fsp3) is 0.368. The van der Waals surface area contributed by atoms with Gasteiger partial charge in [-0.3, -0.25) is 0 Å². The van der Waals surface area contributed by atoms with E-state index >= 15 is 0 Å². The van der Waals surface area contributed by atoms with E-state index in [1.807, 2.05) is 11.9 Å². The van der Waals surface area contributed by atoms with Crippen molar-refractivity contribution in [3.05, 3.63) is 68.8 Å². The third-order valence-electron chi connectivity index (χ3n) is 5.38. The minimum absolute atomic E-state index is 0.299. The molecule has 1 unspecified atom stereocenters. The van der Waals surface area contributed by atoms with E-state index in [4.69, 9.17) is 11.6 Å². The lowest BCUT2D eigenvalue weighted by molar-refractivity contribution is 0.405. The molecule has 0 amide bonds. The van der Waals surface area contributed by atoms with Crippen LogP contribution in [0.2, 0.25) is 0 Å². The highest BCUT2D eigenvalue weighted by Crippen LogP contribution is 2.56. The van der Waals surface area contributed by atoms with Gasteiger partial charge in [-0.1, -0.05) is 29.8 Å². The van der Waals surface area contributed by atoms with Gasteiger partial charge in [-0.15, -0.1) is 0 Å². The molecule has 0 aromatic heterocycles. The Kier molecular flexibility index (Phi) is 3.19. The summed E-state index contributed by atoms with van der Waals surface area (Å²) in [6.45, 7) is 2.37. The summed E-state index contributed by atoms with van der Waals surface area (Å²) in [6.07, 6.45) is 15.6. The number of likely N-dealkylation sites (tertiary alicyclic amines) is 1. The second-order valence-electron chi connectivity index (χ2n) is 6.85. The summed E-state index contributed by atoms with van der Waals surface area (Å²) < 4.78 is 2.50. The monoisotopic (exact) mass is 342 g/mol. The first-order valence-electron chi connectivity index (χ1n) is 8.28. The third-order valence-corrected chi connectivity index (χ3v) is 6.82. The predicted molar refractivity (Wildman–Crippen MR) is 97.8 cm³/mol. The molecule has 0 bridgehead atoms. The molecule has 0 aromatic rings. The van der Waals surface area contributed by atoms with Crippen molar-refractivity contribution in [2.75, 3.05) is 20.1 Å². The molecule has 4 heteroatoms. The van der Waals surface area contributed by atoms with Gasteiger partial charge in [0, 0.05) is 22.4 Å². The van der Waals surface area contributed by atoms with E-state index in [0.717, 1.165) is 11.5 Å². The Bertz CT molecular complexity index is 768. The molecule has 5 aliphatic rings. The molecular weight excluding hydrogens is 324 g/mol. The molecule has 0 N–H and O–H groups in total. The standard InChI is InChI=1S/C19H19ClN2S/c1-21-9-8-12(11-21)18-14-7-6-13(20)10-16(14)22-19(18)15-4-2-3-5-17(15)23-22/h2-3,5-7,10,12,16H,4,8-9,11H2,1H3/t12-,16?/m0/s1. The molecule has 2 nitrogen and oxygen atoms in total. The van der Waals surface area contributed by atoms with Crippen molar-refractivity contribution >= 4 is 23.5 Å². The van der Waals surface area contributed by atoms with Crippen LogP contribution in [0.1, 0.15) is 12.8 Å². The molecule has 3 aliphatic heterocycles. The maximum atomic E-state index is 6.32. The number of hydrogen-bond donors (Lipinski definition) is 0. The van der Waals surface area contributed by atoms with Crippen molar-refractivity contribution < 1.29 is 0 Å². The van der Waals surface area contributed by atoms with Crippen molar-refractivity contribution in [1.29, 1.82) is 0 Å². The van der Waals surface area contributed by atoms with Crippen LogP contribution in [0.15, 0.2) is 68.8 Å². The summed E-state index contributed by atoms with van der Waals surface area (Å²) in [6, 6.07) is 0.299. The second-order valence-corrected chi connectivity index (χ2v) is 8.31. The van der Waals surface area contributed by atoms with E-state index < -0.39 is 0 Å². The van der Waals surface area contributed by atoms with Crippen molar-refractivity contribution in [3.8, 4) is 0 Å². The van der Waals surface area contributed by atoms with Crippen LogP contribution in [-0.2, 0) is 0 Å². The molecule has 0 spiro atoms. The van der Waals surface area contributed by atoms with E-state index in [1.165, 1.54) is 41.3 Å². The lowest BCUT2D eigenvalue weighted by atomic mass is 9.87. The van der Waals surface area contributed by atoms with E-state index in [1.54, 1.807) is 5.57 Å². The quantitative estimate of drug-likeness (QED) is 0.653. The van der Waals surface area contributed by atoms with Gasteiger partial charge in [0.05, 0.1) is 11.7 Å². The lowest BCUT2D eigenvalue weighted by Gasteiger charge is -2.23. The molecule has 2 aliphatic carbocycles. The van der Waals surface area contributed by atoms with Gasteiger partial charge in [0.2, 0.25) is 0 Å². The normalized spacial score (nSPS) is 32.3. The highest BCUT2D eigenvalue weighted by molar-refractivity contribution is 8.01. The predicted octanol–water partition coefficient (Wildman–Crippen LogP) is 4.37. The Labute approximate surface area is 146 Å². The molecule has 3 heterocycles. The Hall–Kier alpha value is -1.16. The number of fused-ring (bicyclic) bond motifs is 4. The molecule has 1 fully saturated rings. The fourth-order valence-corrected chi connectivity index (χ4v) is 5.76. The van der Waals surface area contributed by atoms with Gasteiger partial charge in [-0.05, 0) is 73.3 Å². The molecule has 2 atom stereocenters. The van der Waals surface area contributed by atoms with Crippen LogP contribution in [0.5, 0.6) is 0 Å². The van der Waals surface area contributed by atoms with Crippen LogP contribution in [-0.4, -0.2) is 35.4 Å². The average Bonchev–Trinajstić information content (AvgIpc) is 3.20. The van der Waals surface area contributed by atoms with Gasteiger partial charge < -0.3 is 9.21 Å². The molecule has 118 valence electrons. The van der Waals surface area contributed by atoms with E-state index in [9.17, 15) is 0 Å². The SMILES string of the molecule is CN1CC[C@H](C2=C3C=CC(Cl)=CC3N3SC4=CC=CCC4=C23)C1. The van der Waals surface area contributed by atoms with Gasteiger partial charge in [-0.25, -0.2) is 0 Å². The molecule has 5 rings (SSSR count). The Balaban J connectivity index is 1.68. The van der Waals surface area contributed by atoms with Gasteiger partial charge in [0.15, 0.2) is 0 Å². The van der Waals surface area contributed by atoms with Crippen molar-refractivity contribution in [3.63, 3.8) is 0 Å². The molecule has 0 saturated carbocycles. The molecule has 0 aromatic carbocycles. The average molecular weight is 343 g/mol. The van der Waals surface area contributed by atoms with Gasteiger partial charge in [-0.2, -0.15) is 0 Å². The first-order chi connectivity index (χ1) is 11.2. The summed E-state index contributed by atoms with van der Waals surface area (Å²) in [7, 11) is 2.23. The maximum Gasteiger partial charge on any atom is 0.0861 e. The Morgan fingerprint density at radius 1 is 1.30 bits per heavy atom. The molecule has 1 saturated heterocycles. The first kappa shape index (κ1) is 14.2. The highest BCUT2D eigenvalue weighted by atomic mass is 35.5. The second kappa shape index (κ2) is 5.17. The van der Waals surface area contributed by atoms with E-state index in [2.05, 4.69) is 52.7 Å². The van der Waals surface area contributed by atoms with Crippen LogP contribution in [0.4, 0.5) is 0 Å². The van der Waals surface area contributed by atoms with Crippen LogP contribution < -0.4 is 0 Å². The number of allylic oxidation sites excluding steroid dienone is 7. The van der Waals surface area contributed by atoms with E-state index in [-0.39, 0.29) is 0 Å². The summed E-state index contributed by atoms with van der Waals surface area (Å²) in [4.78, 5) is 3.88. The zero-order chi connectivity index (χ0) is 15.6. The van der Waals surface area contributed by atoms with E-state index in [0.29, 0.717) is 12.0 Å². The minimum atomic E-state index is 0.299. The Morgan fingerprint density at radius 3 is 3.04 bits per heavy atom. The van der Waals surface area contributed by atoms with Crippen LogP contribution >= 0.6 is 23.5 Å². The fourth-order valence-electron chi connectivity index (χ4n) is 4.35. The molecule has 0 radical (unpaired) electrons. The highest BCUT2D eigenvalue weighted by Gasteiger charge is 2.45. The number of rotatable bonds is 1. The maximum absolute atomic E-state index is 6.32. The summed E-state index contributed by atoms with van der Waals surface area (Å²) >= 11 is 8.21. The zero-order valence-corrected chi connectivity index (χ0v) is 14.7. The van der Waals surface area contributed by atoms with Crippen molar-refractivity contribution in [2.45, 2.75) is 18.9 Å². The summed E-state index contributed by atoms with van der Waals surface area (Å²) in [5.74, 6) is 0.644. The van der Waals surface area contributed by atoms with Gasteiger partial charge >= 0.3 is 0 Å². The van der Waals surface area contributed by atoms with Crippen LogP contribution in [0, 0.1) is 5.92 Å². The first-order valence-corrected chi connectivity index (χ1v) is 9.43. The molecule has 23 heavy (non-hydrogen) atoms. The number of halogens is 1. The summed E-state index contributed by atoms with van der Waals surface area (Å²) in [5.41, 5.74) is 6.05. The third kappa shape index (κ3) is 2.07. The molecular formula is C19H19ClN2S. The largest absolute Gasteiger partial charge is 0.306 e. The van der Waals surface area contributed by atoms with Crippen molar-refractivity contribution in [1.82, 2.24) is 9.21 Å². The minimum Gasteiger partial charge on any atom is -0.306 e. The van der Waals surface area contributed by atoms with Crippen molar-refractivity contribution in [2.24, 2.45) is 5.92 Å². The van der Waals surface area contributed by atoms with Gasteiger partial charge in [0.1, 0.15) is 0 Å². The van der Waals surface area contributed by atoms with Crippen LogP contribution in [0.3, 0.4) is 0 Å². The van der Waals surface area contributed by atoms with Gasteiger partial charge in [0.25, 0.3) is 0 Å². The zero-order valence-electron chi connectivity index (χ0n) is 13.1. The Morgan fingerprint density at radius 2 is 2.22 bits per heavy atom.